The highest BCUT2D eigenvalue weighted by Crippen LogP contribution is 2.21. The fraction of sp³-hybridized carbons (Fsp3) is 0.562. The third kappa shape index (κ3) is 3.80. The number of benzene rings is 1. The van der Waals surface area contributed by atoms with Gasteiger partial charge < -0.3 is 10.6 Å². The molecule has 0 bridgehead atoms. The summed E-state index contributed by atoms with van der Waals surface area (Å²) in [5.74, 6) is 0.105. The van der Waals surface area contributed by atoms with Gasteiger partial charge in [0.1, 0.15) is 0 Å². The van der Waals surface area contributed by atoms with Crippen LogP contribution in [0.25, 0.3) is 0 Å². The first kappa shape index (κ1) is 14.1. The van der Waals surface area contributed by atoms with Crippen LogP contribution in [0.4, 0.5) is 5.69 Å². The summed E-state index contributed by atoms with van der Waals surface area (Å²) in [6, 6.07) is 8.41. The molecule has 1 heterocycles. The van der Waals surface area contributed by atoms with Crippen LogP contribution in [-0.4, -0.2) is 18.0 Å². The van der Waals surface area contributed by atoms with Crippen LogP contribution in [0.3, 0.4) is 0 Å². The topological polar surface area (TPSA) is 41.1 Å². The summed E-state index contributed by atoms with van der Waals surface area (Å²) in [4.78, 5) is 12.2. The number of para-hydroxylation sites is 1. The van der Waals surface area contributed by atoms with Gasteiger partial charge in [0.2, 0.25) is 5.91 Å². The molecule has 0 saturated heterocycles. The van der Waals surface area contributed by atoms with Crippen molar-refractivity contribution in [1.29, 1.82) is 0 Å². The summed E-state index contributed by atoms with van der Waals surface area (Å²) in [5.41, 5.74) is 2.21. The van der Waals surface area contributed by atoms with Crippen molar-refractivity contribution in [2.45, 2.75) is 58.0 Å². The van der Waals surface area contributed by atoms with Crippen LogP contribution in [0.1, 0.15) is 45.1 Å². The molecule has 2 unspecified atom stereocenters. The molecule has 3 nitrogen and oxygen atoms in total. The first-order valence-electron chi connectivity index (χ1n) is 7.35. The standard InChI is InChI=1S/C16H24N2O/c1-3-4-7-12(2)17-15-11-10-13-8-5-6-9-14(13)18-16(15)19/h5-6,8-9,12,15,17H,3-4,7,10-11H2,1-2H3,(H,18,19). The van der Waals surface area contributed by atoms with E-state index in [1.807, 2.05) is 18.2 Å². The molecule has 2 N–H and O–H groups in total. The van der Waals surface area contributed by atoms with Crippen molar-refractivity contribution in [3.63, 3.8) is 0 Å². The minimum Gasteiger partial charge on any atom is -0.324 e. The van der Waals surface area contributed by atoms with E-state index in [-0.39, 0.29) is 11.9 Å². The van der Waals surface area contributed by atoms with Crippen molar-refractivity contribution >= 4 is 11.6 Å². The Morgan fingerprint density at radius 1 is 1.42 bits per heavy atom. The molecule has 1 aromatic rings. The van der Waals surface area contributed by atoms with Crippen molar-refractivity contribution in [1.82, 2.24) is 5.32 Å². The Kier molecular flexibility index (Phi) is 4.97. The first-order valence-corrected chi connectivity index (χ1v) is 7.35. The smallest absolute Gasteiger partial charge is 0.241 e. The number of amides is 1. The van der Waals surface area contributed by atoms with Gasteiger partial charge in [0.05, 0.1) is 6.04 Å². The lowest BCUT2D eigenvalue weighted by Crippen LogP contribution is -2.44. The van der Waals surface area contributed by atoms with Gasteiger partial charge in [-0.15, -0.1) is 0 Å². The average molecular weight is 260 g/mol. The van der Waals surface area contributed by atoms with E-state index in [1.165, 1.54) is 18.4 Å². The van der Waals surface area contributed by atoms with E-state index in [4.69, 9.17) is 0 Å². The molecule has 0 fully saturated rings. The first-order chi connectivity index (χ1) is 9.20. The Bertz CT molecular complexity index is 431. The van der Waals surface area contributed by atoms with E-state index in [0.29, 0.717) is 6.04 Å². The normalized spacial score (nSPS) is 20.3. The zero-order valence-corrected chi connectivity index (χ0v) is 11.9. The second-order valence-electron chi connectivity index (χ2n) is 5.45. The Hall–Kier alpha value is -1.35. The summed E-state index contributed by atoms with van der Waals surface area (Å²) in [6.45, 7) is 4.36. The number of anilines is 1. The van der Waals surface area contributed by atoms with E-state index in [2.05, 4.69) is 30.5 Å². The fourth-order valence-corrected chi connectivity index (χ4v) is 2.61. The highest BCUT2D eigenvalue weighted by Gasteiger charge is 2.24. The third-order valence-corrected chi connectivity index (χ3v) is 3.77. The molecule has 104 valence electrons. The average Bonchev–Trinajstić information content (AvgIpc) is 2.56. The number of carbonyl (C=O) groups excluding carboxylic acids is 1. The number of rotatable bonds is 5. The van der Waals surface area contributed by atoms with Crippen LogP contribution in [0.15, 0.2) is 24.3 Å². The maximum absolute atomic E-state index is 12.2. The lowest BCUT2D eigenvalue weighted by molar-refractivity contribution is -0.118. The number of unbranched alkanes of at least 4 members (excludes halogenated alkanes) is 1. The van der Waals surface area contributed by atoms with Crippen LogP contribution < -0.4 is 10.6 Å². The second-order valence-corrected chi connectivity index (χ2v) is 5.45. The molecule has 1 aromatic carbocycles. The van der Waals surface area contributed by atoms with Crippen molar-refractivity contribution in [2.75, 3.05) is 5.32 Å². The van der Waals surface area contributed by atoms with Crippen molar-refractivity contribution in [2.24, 2.45) is 0 Å². The van der Waals surface area contributed by atoms with Crippen molar-refractivity contribution in [3.8, 4) is 0 Å². The fourth-order valence-electron chi connectivity index (χ4n) is 2.61. The van der Waals surface area contributed by atoms with Gasteiger partial charge in [0.15, 0.2) is 0 Å². The van der Waals surface area contributed by atoms with E-state index in [1.54, 1.807) is 0 Å². The largest absolute Gasteiger partial charge is 0.324 e. The van der Waals surface area contributed by atoms with Crippen LogP contribution in [0.5, 0.6) is 0 Å². The van der Waals surface area contributed by atoms with Crippen molar-refractivity contribution in [3.05, 3.63) is 29.8 Å². The molecular formula is C16H24N2O. The predicted molar refractivity (Wildman–Crippen MR) is 79.3 cm³/mol. The number of aryl methyl sites for hydroxylation is 1. The zero-order valence-electron chi connectivity index (χ0n) is 11.9. The molecule has 0 aliphatic carbocycles. The number of hydrogen-bond acceptors (Lipinski definition) is 2. The molecular weight excluding hydrogens is 236 g/mol. The van der Waals surface area contributed by atoms with Gasteiger partial charge >= 0.3 is 0 Å². The summed E-state index contributed by atoms with van der Waals surface area (Å²) in [6.07, 6.45) is 5.37. The van der Waals surface area contributed by atoms with Gasteiger partial charge in [-0.1, -0.05) is 38.0 Å². The Morgan fingerprint density at radius 2 is 2.21 bits per heavy atom. The molecule has 3 heteroatoms. The predicted octanol–water partition coefficient (Wildman–Crippen LogP) is 3.11. The highest BCUT2D eigenvalue weighted by molar-refractivity contribution is 5.96. The summed E-state index contributed by atoms with van der Waals surface area (Å²) < 4.78 is 0. The molecule has 1 aliphatic heterocycles. The maximum Gasteiger partial charge on any atom is 0.241 e. The lowest BCUT2D eigenvalue weighted by Gasteiger charge is -2.20. The summed E-state index contributed by atoms with van der Waals surface area (Å²) in [5, 5.41) is 6.50. The molecule has 0 aromatic heterocycles. The van der Waals surface area contributed by atoms with Gasteiger partial charge in [-0.2, -0.15) is 0 Å². The highest BCUT2D eigenvalue weighted by atomic mass is 16.2. The van der Waals surface area contributed by atoms with E-state index < -0.39 is 0 Å². The maximum atomic E-state index is 12.2. The number of carbonyl (C=O) groups is 1. The van der Waals surface area contributed by atoms with Gasteiger partial charge in [0, 0.05) is 11.7 Å². The molecule has 19 heavy (non-hydrogen) atoms. The van der Waals surface area contributed by atoms with Gasteiger partial charge in [-0.05, 0) is 37.8 Å². The Balaban J connectivity index is 1.96. The number of fused-ring (bicyclic) bond motifs is 1. The van der Waals surface area contributed by atoms with Crippen LogP contribution in [0.2, 0.25) is 0 Å². The molecule has 2 rings (SSSR count). The number of hydrogen-bond donors (Lipinski definition) is 2. The second kappa shape index (κ2) is 6.71. The molecule has 1 amide bonds. The minimum atomic E-state index is -0.0701. The van der Waals surface area contributed by atoms with Gasteiger partial charge in [-0.3, -0.25) is 4.79 Å². The molecule has 0 radical (unpaired) electrons. The van der Waals surface area contributed by atoms with Gasteiger partial charge in [-0.25, -0.2) is 0 Å². The van der Waals surface area contributed by atoms with Crippen LogP contribution in [-0.2, 0) is 11.2 Å². The SMILES string of the molecule is CCCCC(C)NC1CCc2ccccc2NC1=O. The van der Waals surface area contributed by atoms with E-state index >= 15 is 0 Å². The number of nitrogens with one attached hydrogen (secondary N) is 2. The van der Waals surface area contributed by atoms with Crippen molar-refractivity contribution < 1.29 is 4.79 Å². The molecule has 2 atom stereocenters. The van der Waals surface area contributed by atoms with Crippen LogP contribution in [0, 0.1) is 0 Å². The third-order valence-electron chi connectivity index (χ3n) is 3.77. The zero-order chi connectivity index (χ0) is 13.7. The van der Waals surface area contributed by atoms with E-state index in [9.17, 15) is 4.79 Å². The van der Waals surface area contributed by atoms with Crippen LogP contribution >= 0.6 is 0 Å². The van der Waals surface area contributed by atoms with Gasteiger partial charge in [0.25, 0.3) is 0 Å². The summed E-state index contributed by atoms with van der Waals surface area (Å²) >= 11 is 0. The molecule has 0 spiro atoms. The van der Waals surface area contributed by atoms with E-state index in [0.717, 1.165) is 24.9 Å². The molecule has 1 aliphatic rings. The minimum absolute atomic E-state index is 0.0701. The Labute approximate surface area is 115 Å². The lowest BCUT2D eigenvalue weighted by atomic mass is 10.0. The Morgan fingerprint density at radius 3 is 3.00 bits per heavy atom. The monoisotopic (exact) mass is 260 g/mol. The molecule has 0 saturated carbocycles. The summed E-state index contributed by atoms with van der Waals surface area (Å²) in [7, 11) is 0. The quantitative estimate of drug-likeness (QED) is 0.854.